The van der Waals surface area contributed by atoms with Gasteiger partial charge in [0.15, 0.2) is 0 Å². The number of hydrogen-bond acceptors (Lipinski definition) is 5. The Bertz CT molecular complexity index is 1030. The number of ether oxygens (including phenoxy) is 2. The molecule has 32 heavy (non-hydrogen) atoms. The summed E-state index contributed by atoms with van der Waals surface area (Å²) >= 11 is 0. The topological polar surface area (TPSA) is 89.9 Å². The summed E-state index contributed by atoms with van der Waals surface area (Å²) < 4.78 is 71.9. The monoisotopic (exact) mass is 458 g/mol. The van der Waals surface area contributed by atoms with Crippen molar-refractivity contribution in [3.05, 3.63) is 66.2 Å². The summed E-state index contributed by atoms with van der Waals surface area (Å²) in [5.74, 6) is -8.80. The second kappa shape index (κ2) is 9.58. The summed E-state index contributed by atoms with van der Waals surface area (Å²) in [5.41, 5.74) is -0.259. The van der Waals surface area contributed by atoms with Crippen LogP contribution in [0.1, 0.15) is 28.8 Å². The highest BCUT2D eigenvalue weighted by atomic mass is 19.4. The lowest BCUT2D eigenvalue weighted by Crippen LogP contribution is -2.37. The number of carbonyl (C=O) groups is 3. The molecule has 0 aromatic heterocycles. The minimum absolute atomic E-state index is 0.0378. The Kier molecular flexibility index (Phi) is 7.34. The number of carboxylic acids is 1. The van der Waals surface area contributed by atoms with Crippen LogP contribution in [0.25, 0.3) is 5.57 Å². The highest BCUT2D eigenvalue weighted by molar-refractivity contribution is 6.15. The first-order chi connectivity index (χ1) is 14.8. The van der Waals surface area contributed by atoms with Gasteiger partial charge in [-0.2, -0.15) is 22.0 Å². The predicted molar refractivity (Wildman–Crippen MR) is 100 cm³/mol. The Labute approximate surface area is 177 Å². The fourth-order valence-corrected chi connectivity index (χ4v) is 2.32. The number of aliphatic carboxylic acids is 1. The van der Waals surface area contributed by atoms with Crippen LogP contribution in [-0.2, 0) is 9.59 Å². The van der Waals surface area contributed by atoms with Gasteiger partial charge in [-0.15, -0.1) is 0 Å². The number of alkyl halides is 5. The van der Waals surface area contributed by atoms with Gasteiger partial charge in [0.1, 0.15) is 11.5 Å². The van der Waals surface area contributed by atoms with Gasteiger partial charge in [0, 0.05) is 12.0 Å². The number of rotatable bonds is 8. The Morgan fingerprint density at radius 1 is 0.906 bits per heavy atom. The fraction of sp³-hybridized carbons (Fsp3) is 0.190. The number of benzene rings is 2. The summed E-state index contributed by atoms with van der Waals surface area (Å²) in [6, 6.07) is 10.3. The van der Waals surface area contributed by atoms with Gasteiger partial charge in [0.2, 0.25) is 0 Å². The van der Waals surface area contributed by atoms with Crippen molar-refractivity contribution in [2.24, 2.45) is 0 Å². The quantitative estimate of drug-likeness (QED) is 0.262. The van der Waals surface area contributed by atoms with Gasteiger partial charge in [0.25, 0.3) is 0 Å². The molecule has 0 amide bonds. The van der Waals surface area contributed by atoms with Crippen LogP contribution in [-0.4, -0.2) is 35.1 Å². The Hall–Kier alpha value is -3.76. The van der Waals surface area contributed by atoms with Crippen molar-refractivity contribution in [1.29, 1.82) is 0 Å². The van der Waals surface area contributed by atoms with Crippen molar-refractivity contribution in [1.82, 2.24) is 0 Å². The van der Waals surface area contributed by atoms with Gasteiger partial charge in [-0.1, -0.05) is 24.8 Å². The van der Waals surface area contributed by atoms with Crippen LogP contribution in [0, 0.1) is 0 Å². The van der Waals surface area contributed by atoms with Crippen molar-refractivity contribution in [3.63, 3.8) is 0 Å². The second-order valence-electron chi connectivity index (χ2n) is 6.37. The van der Waals surface area contributed by atoms with Gasteiger partial charge in [-0.3, -0.25) is 4.79 Å². The highest BCUT2D eigenvalue weighted by Crippen LogP contribution is 2.38. The van der Waals surface area contributed by atoms with Crippen molar-refractivity contribution >= 4 is 23.5 Å². The lowest BCUT2D eigenvalue weighted by molar-refractivity contribution is -0.284. The molecular formula is C21H15F5O6. The summed E-state index contributed by atoms with van der Waals surface area (Å²) in [6.45, 7) is 3.40. The van der Waals surface area contributed by atoms with E-state index in [0.29, 0.717) is 0 Å². The second-order valence-corrected chi connectivity index (χ2v) is 6.37. The molecule has 0 bridgehead atoms. The van der Waals surface area contributed by atoms with E-state index < -0.39 is 42.8 Å². The zero-order valence-electron chi connectivity index (χ0n) is 16.1. The minimum Gasteiger partial charge on any atom is -0.478 e. The lowest BCUT2D eigenvalue weighted by atomic mass is 10.1. The molecule has 2 rings (SSSR count). The van der Waals surface area contributed by atoms with Gasteiger partial charge < -0.3 is 14.6 Å². The molecule has 170 valence electrons. The van der Waals surface area contributed by atoms with Crippen LogP contribution >= 0.6 is 0 Å². The third-order valence-electron chi connectivity index (χ3n) is 4.05. The molecule has 1 N–H and O–H groups in total. The fourth-order valence-electron chi connectivity index (χ4n) is 2.32. The molecule has 0 aliphatic rings. The maximum atomic E-state index is 12.9. The molecule has 0 saturated heterocycles. The highest BCUT2D eigenvalue weighted by Gasteiger charge is 2.57. The number of esters is 2. The van der Waals surface area contributed by atoms with E-state index in [1.54, 1.807) is 0 Å². The van der Waals surface area contributed by atoms with Crippen LogP contribution in [0.5, 0.6) is 11.5 Å². The molecule has 6 nitrogen and oxygen atoms in total. The standard InChI is InChI=1S/C21H15F5O6/c1-12(18(28)29)15-4-2-3-5-16(15)32-19(30)13-6-8-14(9-7-13)31-17(27)10-11-20(22,23)21(24,25)26/h2-9H,1,10-11H2,(H,28,29). The lowest BCUT2D eigenvalue weighted by Gasteiger charge is -2.18. The van der Waals surface area contributed by atoms with Crippen LogP contribution in [0.4, 0.5) is 22.0 Å². The summed E-state index contributed by atoms with van der Waals surface area (Å²) in [7, 11) is 0. The van der Waals surface area contributed by atoms with Crippen molar-refractivity contribution in [2.45, 2.75) is 24.9 Å². The van der Waals surface area contributed by atoms with Crippen LogP contribution in [0.2, 0.25) is 0 Å². The van der Waals surface area contributed by atoms with Crippen LogP contribution in [0.3, 0.4) is 0 Å². The van der Waals surface area contributed by atoms with E-state index in [2.05, 4.69) is 11.3 Å². The van der Waals surface area contributed by atoms with Crippen molar-refractivity contribution < 1.29 is 50.9 Å². The van der Waals surface area contributed by atoms with Crippen molar-refractivity contribution in [3.8, 4) is 11.5 Å². The molecular weight excluding hydrogens is 443 g/mol. The molecule has 0 saturated carbocycles. The molecule has 0 aliphatic heterocycles. The van der Waals surface area contributed by atoms with Crippen LogP contribution < -0.4 is 9.47 Å². The zero-order valence-corrected chi connectivity index (χ0v) is 16.1. The number of halogens is 5. The van der Waals surface area contributed by atoms with E-state index in [1.165, 1.54) is 24.3 Å². The molecule has 0 unspecified atom stereocenters. The molecule has 0 fully saturated rings. The Morgan fingerprint density at radius 2 is 1.50 bits per heavy atom. The largest absolute Gasteiger partial charge is 0.478 e. The van der Waals surface area contributed by atoms with Gasteiger partial charge in [-0.25, -0.2) is 9.59 Å². The predicted octanol–water partition coefficient (Wildman–Crippen LogP) is 4.89. The smallest absolute Gasteiger partial charge is 0.453 e. The number of para-hydroxylation sites is 1. The van der Waals surface area contributed by atoms with E-state index in [1.807, 2.05) is 0 Å². The third-order valence-corrected chi connectivity index (χ3v) is 4.05. The molecule has 0 radical (unpaired) electrons. The van der Waals surface area contributed by atoms with E-state index >= 15 is 0 Å². The number of carboxylic acid groups (broad SMARTS) is 1. The van der Waals surface area contributed by atoms with E-state index in [0.717, 1.165) is 24.3 Å². The summed E-state index contributed by atoms with van der Waals surface area (Å²) in [6.07, 6.45) is -8.72. The van der Waals surface area contributed by atoms with E-state index in [-0.39, 0.29) is 28.2 Å². The maximum Gasteiger partial charge on any atom is 0.453 e. The third kappa shape index (κ3) is 6.13. The molecule has 11 heteroatoms. The molecule has 0 heterocycles. The number of hydrogen-bond donors (Lipinski definition) is 1. The SMILES string of the molecule is C=C(C(=O)O)c1ccccc1OC(=O)c1ccc(OC(=O)CCC(F)(F)C(F)(F)F)cc1. The normalized spacial score (nSPS) is 11.5. The Morgan fingerprint density at radius 3 is 2.06 bits per heavy atom. The maximum absolute atomic E-state index is 12.9. The molecule has 0 spiro atoms. The van der Waals surface area contributed by atoms with Gasteiger partial charge >= 0.3 is 30.0 Å². The van der Waals surface area contributed by atoms with E-state index in [9.17, 15) is 36.3 Å². The molecule has 0 aliphatic carbocycles. The van der Waals surface area contributed by atoms with Crippen molar-refractivity contribution in [2.75, 3.05) is 0 Å². The van der Waals surface area contributed by atoms with E-state index in [4.69, 9.17) is 9.84 Å². The summed E-state index contributed by atoms with van der Waals surface area (Å²) in [4.78, 5) is 34.9. The molecule has 2 aromatic carbocycles. The first kappa shape index (κ1) is 24.5. The molecule has 0 atom stereocenters. The number of carbonyl (C=O) groups excluding carboxylic acids is 2. The Balaban J connectivity index is 2.01. The molecule has 2 aromatic rings. The van der Waals surface area contributed by atoms with Gasteiger partial charge in [-0.05, 0) is 30.3 Å². The first-order valence-electron chi connectivity index (χ1n) is 8.81. The van der Waals surface area contributed by atoms with Crippen LogP contribution in [0.15, 0.2) is 55.1 Å². The first-order valence-corrected chi connectivity index (χ1v) is 8.81. The van der Waals surface area contributed by atoms with Gasteiger partial charge in [0.05, 0.1) is 17.6 Å². The summed E-state index contributed by atoms with van der Waals surface area (Å²) in [5, 5.41) is 9.06. The minimum atomic E-state index is -5.77. The zero-order chi connectivity index (χ0) is 24.1. The average molecular weight is 458 g/mol. The average Bonchev–Trinajstić information content (AvgIpc) is 2.72.